The molecule has 0 bridgehead atoms. The van der Waals surface area contributed by atoms with Crippen LogP contribution in [0.3, 0.4) is 0 Å². The third-order valence-electron chi connectivity index (χ3n) is 1.15. The Morgan fingerprint density at radius 2 is 2.10 bits per heavy atom. The molecule has 62 valence electrons. The number of hydrogen-bond acceptors (Lipinski definition) is 3. The topological polar surface area (TPSA) is 30.5 Å². The van der Waals surface area contributed by atoms with Crippen molar-refractivity contribution >= 4 is 0 Å². The van der Waals surface area contributed by atoms with Gasteiger partial charge in [-0.3, -0.25) is 4.84 Å². The maximum Gasteiger partial charge on any atom is 0.176 e. The summed E-state index contributed by atoms with van der Waals surface area (Å²) in [5.74, 6) is 0. The first-order valence-electron chi connectivity index (χ1n) is 3.76. The standard InChI is InChI=1S/C7H17NO2/c1-4-6-7(9-3)10-8-5-2/h7-8H,4-6H2,1-3H3. The van der Waals surface area contributed by atoms with Crippen molar-refractivity contribution in [2.75, 3.05) is 13.7 Å². The van der Waals surface area contributed by atoms with E-state index in [0.717, 1.165) is 19.4 Å². The number of methoxy groups -OCH3 is 1. The zero-order valence-electron chi connectivity index (χ0n) is 7.02. The zero-order valence-corrected chi connectivity index (χ0v) is 7.02. The van der Waals surface area contributed by atoms with Crippen LogP contribution >= 0.6 is 0 Å². The summed E-state index contributed by atoms with van der Waals surface area (Å²) in [5.41, 5.74) is 2.76. The van der Waals surface area contributed by atoms with E-state index in [0.29, 0.717) is 0 Å². The zero-order chi connectivity index (χ0) is 7.82. The number of rotatable bonds is 6. The molecule has 10 heavy (non-hydrogen) atoms. The van der Waals surface area contributed by atoms with Crippen molar-refractivity contribution in [2.24, 2.45) is 0 Å². The SMILES string of the molecule is CCCC(OC)ONCC. The highest BCUT2D eigenvalue weighted by atomic mass is 16.8. The third-order valence-corrected chi connectivity index (χ3v) is 1.15. The molecule has 1 unspecified atom stereocenters. The second-order valence-electron chi connectivity index (χ2n) is 2.07. The van der Waals surface area contributed by atoms with E-state index in [1.807, 2.05) is 6.92 Å². The third kappa shape index (κ3) is 4.73. The van der Waals surface area contributed by atoms with Gasteiger partial charge in [0.15, 0.2) is 6.29 Å². The van der Waals surface area contributed by atoms with E-state index < -0.39 is 0 Å². The van der Waals surface area contributed by atoms with E-state index in [1.165, 1.54) is 0 Å². The molecular formula is C7H17NO2. The molecule has 3 heteroatoms. The number of hydrogen-bond donors (Lipinski definition) is 1. The lowest BCUT2D eigenvalue weighted by molar-refractivity contribution is -0.167. The summed E-state index contributed by atoms with van der Waals surface area (Å²) in [4.78, 5) is 5.11. The van der Waals surface area contributed by atoms with E-state index in [-0.39, 0.29) is 6.29 Å². The number of nitrogens with one attached hydrogen (secondary N) is 1. The van der Waals surface area contributed by atoms with Crippen molar-refractivity contribution in [1.82, 2.24) is 5.48 Å². The second kappa shape index (κ2) is 6.99. The Labute approximate surface area is 62.7 Å². The minimum atomic E-state index is -0.0926. The van der Waals surface area contributed by atoms with Crippen molar-refractivity contribution in [3.63, 3.8) is 0 Å². The van der Waals surface area contributed by atoms with Crippen molar-refractivity contribution in [3.8, 4) is 0 Å². The molecule has 1 N–H and O–H groups in total. The Kier molecular flexibility index (Phi) is 6.91. The molecule has 0 aliphatic rings. The number of ether oxygens (including phenoxy) is 1. The molecule has 0 aromatic carbocycles. The molecule has 0 aromatic rings. The van der Waals surface area contributed by atoms with E-state index in [9.17, 15) is 0 Å². The van der Waals surface area contributed by atoms with Gasteiger partial charge in [0.25, 0.3) is 0 Å². The first kappa shape index (κ1) is 9.88. The highest BCUT2D eigenvalue weighted by Crippen LogP contribution is 1.99. The fourth-order valence-corrected chi connectivity index (χ4v) is 0.637. The predicted octanol–water partition coefficient (Wildman–Crippen LogP) is 1.30. The summed E-state index contributed by atoms with van der Waals surface area (Å²) in [6.45, 7) is 4.89. The molecule has 0 fully saturated rings. The quantitative estimate of drug-likeness (QED) is 0.454. The summed E-state index contributed by atoms with van der Waals surface area (Å²) in [5, 5.41) is 0. The van der Waals surface area contributed by atoms with Gasteiger partial charge in [-0.1, -0.05) is 20.3 Å². The Morgan fingerprint density at radius 1 is 1.40 bits per heavy atom. The van der Waals surface area contributed by atoms with Gasteiger partial charge >= 0.3 is 0 Å². The van der Waals surface area contributed by atoms with Gasteiger partial charge in [-0.15, -0.1) is 0 Å². The minimum absolute atomic E-state index is 0.0926. The Balaban J connectivity index is 3.21. The minimum Gasteiger partial charge on any atom is -0.354 e. The van der Waals surface area contributed by atoms with E-state index in [1.54, 1.807) is 7.11 Å². The molecule has 0 amide bonds. The summed E-state index contributed by atoms with van der Waals surface area (Å²) >= 11 is 0. The van der Waals surface area contributed by atoms with Crippen molar-refractivity contribution in [1.29, 1.82) is 0 Å². The molecule has 0 saturated carbocycles. The molecular weight excluding hydrogens is 130 g/mol. The second-order valence-corrected chi connectivity index (χ2v) is 2.07. The van der Waals surface area contributed by atoms with Crippen LogP contribution in [0.1, 0.15) is 26.7 Å². The Bertz CT molecular complexity index is 68.6. The fourth-order valence-electron chi connectivity index (χ4n) is 0.637. The van der Waals surface area contributed by atoms with E-state index in [4.69, 9.17) is 9.57 Å². The highest BCUT2D eigenvalue weighted by Gasteiger charge is 2.03. The molecule has 1 atom stereocenters. The summed E-state index contributed by atoms with van der Waals surface area (Å²) in [6, 6.07) is 0. The van der Waals surface area contributed by atoms with Crippen LogP contribution in [-0.2, 0) is 9.57 Å². The average molecular weight is 147 g/mol. The largest absolute Gasteiger partial charge is 0.354 e. The van der Waals surface area contributed by atoms with Gasteiger partial charge in [-0.05, 0) is 6.42 Å². The van der Waals surface area contributed by atoms with E-state index in [2.05, 4.69) is 12.4 Å². The summed E-state index contributed by atoms with van der Waals surface area (Å²) in [6.07, 6.45) is 1.91. The molecule has 0 heterocycles. The van der Waals surface area contributed by atoms with Gasteiger partial charge in [0, 0.05) is 13.7 Å². The summed E-state index contributed by atoms with van der Waals surface area (Å²) in [7, 11) is 1.65. The van der Waals surface area contributed by atoms with Gasteiger partial charge in [0.1, 0.15) is 0 Å². The van der Waals surface area contributed by atoms with E-state index >= 15 is 0 Å². The van der Waals surface area contributed by atoms with Crippen molar-refractivity contribution in [3.05, 3.63) is 0 Å². The molecule has 0 aromatic heterocycles. The number of hydroxylamine groups is 1. The van der Waals surface area contributed by atoms with Crippen LogP contribution in [0.15, 0.2) is 0 Å². The Morgan fingerprint density at radius 3 is 2.50 bits per heavy atom. The fraction of sp³-hybridized carbons (Fsp3) is 1.00. The maximum absolute atomic E-state index is 5.11. The lowest BCUT2D eigenvalue weighted by Gasteiger charge is -2.13. The monoisotopic (exact) mass is 147 g/mol. The van der Waals surface area contributed by atoms with Crippen LogP contribution in [0.25, 0.3) is 0 Å². The van der Waals surface area contributed by atoms with Gasteiger partial charge in [-0.25, -0.2) is 0 Å². The maximum atomic E-state index is 5.11. The average Bonchev–Trinajstić information content (AvgIpc) is 1.98. The molecule has 3 nitrogen and oxygen atoms in total. The highest BCUT2D eigenvalue weighted by molar-refractivity contribution is 4.39. The van der Waals surface area contributed by atoms with Gasteiger partial charge < -0.3 is 4.74 Å². The molecule has 0 aliphatic heterocycles. The molecule has 0 radical (unpaired) electrons. The van der Waals surface area contributed by atoms with Crippen LogP contribution in [0.4, 0.5) is 0 Å². The first-order chi connectivity index (χ1) is 4.85. The van der Waals surface area contributed by atoms with Crippen LogP contribution in [0.5, 0.6) is 0 Å². The predicted molar refractivity (Wildman–Crippen MR) is 40.5 cm³/mol. The van der Waals surface area contributed by atoms with Gasteiger partial charge in [0.2, 0.25) is 0 Å². The Hall–Kier alpha value is -0.120. The first-order valence-corrected chi connectivity index (χ1v) is 3.76. The lowest BCUT2D eigenvalue weighted by Crippen LogP contribution is -2.24. The molecule has 0 rings (SSSR count). The molecule has 0 saturated heterocycles. The smallest absolute Gasteiger partial charge is 0.176 e. The normalized spacial score (nSPS) is 13.5. The lowest BCUT2D eigenvalue weighted by atomic mass is 10.3. The van der Waals surface area contributed by atoms with Crippen LogP contribution in [0.2, 0.25) is 0 Å². The van der Waals surface area contributed by atoms with Crippen molar-refractivity contribution < 1.29 is 9.57 Å². The van der Waals surface area contributed by atoms with Crippen LogP contribution in [-0.4, -0.2) is 19.9 Å². The van der Waals surface area contributed by atoms with Crippen LogP contribution in [0, 0.1) is 0 Å². The van der Waals surface area contributed by atoms with Crippen LogP contribution < -0.4 is 5.48 Å². The summed E-state index contributed by atoms with van der Waals surface area (Å²) < 4.78 is 5.01. The van der Waals surface area contributed by atoms with Gasteiger partial charge in [0.05, 0.1) is 0 Å². The molecule has 0 spiro atoms. The molecule has 0 aliphatic carbocycles. The van der Waals surface area contributed by atoms with Crippen molar-refractivity contribution in [2.45, 2.75) is 33.0 Å². The van der Waals surface area contributed by atoms with Gasteiger partial charge in [-0.2, -0.15) is 5.48 Å².